The van der Waals surface area contributed by atoms with Gasteiger partial charge in [0.15, 0.2) is 0 Å². The van der Waals surface area contributed by atoms with Gasteiger partial charge in [0.2, 0.25) is 0 Å². The van der Waals surface area contributed by atoms with Crippen LogP contribution in [0, 0.1) is 11.8 Å². The molecule has 0 bridgehead atoms. The summed E-state index contributed by atoms with van der Waals surface area (Å²) < 4.78 is 16.5. The van der Waals surface area contributed by atoms with Gasteiger partial charge >= 0.3 is 14.5 Å². The van der Waals surface area contributed by atoms with Crippen LogP contribution in [0.25, 0.3) is 0 Å². The Hall–Kier alpha value is -0.723. The molecule has 0 heterocycles. The zero-order valence-electron chi connectivity index (χ0n) is 14.0. The molecule has 0 aliphatic rings. The highest BCUT2D eigenvalue weighted by molar-refractivity contribution is 6.66. The average molecular weight is 318 g/mol. The van der Waals surface area contributed by atoms with Crippen LogP contribution in [0.1, 0.15) is 40.0 Å². The van der Waals surface area contributed by atoms with Crippen LogP contribution in [-0.4, -0.2) is 41.1 Å². The second-order valence-corrected chi connectivity index (χ2v) is 8.58. The molecular formula is C15H30O5Si. The zero-order valence-corrected chi connectivity index (χ0v) is 15.0. The Bertz CT molecular complexity index is 302. The largest absolute Gasteiger partial charge is 0.469 e. The van der Waals surface area contributed by atoms with Crippen molar-refractivity contribution in [2.75, 3.05) is 20.3 Å². The lowest BCUT2D eigenvalue weighted by Crippen LogP contribution is -2.40. The molecule has 124 valence electrons. The van der Waals surface area contributed by atoms with Crippen molar-refractivity contribution in [2.24, 2.45) is 11.8 Å². The Morgan fingerprint density at radius 1 is 1.19 bits per heavy atom. The molecule has 0 spiro atoms. The van der Waals surface area contributed by atoms with E-state index in [2.05, 4.69) is 0 Å². The van der Waals surface area contributed by atoms with E-state index >= 15 is 0 Å². The predicted molar refractivity (Wildman–Crippen MR) is 84.3 cm³/mol. The summed E-state index contributed by atoms with van der Waals surface area (Å²) >= 11 is 0. The molecule has 0 aromatic carbocycles. The minimum atomic E-state index is -2.25. The number of carbonyl (C=O) groups excluding carboxylic acids is 2. The molecule has 21 heavy (non-hydrogen) atoms. The second kappa shape index (κ2) is 10.9. The molecule has 0 N–H and O–H groups in total. The maximum absolute atomic E-state index is 12.0. The molecule has 0 amide bonds. The molecule has 0 rings (SSSR count). The molecule has 0 saturated heterocycles. The van der Waals surface area contributed by atoms with E-state index in [1.807, 2.05) is 27.3 Å². The molecule has 0 fully saturated rings. The van der Waals surface area contributed by atoms with Crippen molar-refractivity contribution in [3.8, 4) is 0 Å². The molecule has 0 saturated carbocycles. The van der Waals surface area contributed by atoms with E-state index in [-0.39, 0.29) is 17.8 Å². The first-order chi connectivity index (χ1) is 9.97. The summed E-state index contributed by atoms with van der Waals surface area (Å²) in [4.78, 5) is 22.8. The first-order valence-electron chi connectivity index (χ1n) is 7.77. The van der Waals surface area contributed by atoms with Gasteiger partial charge in [-0.3, -0.25) is 4.79 Å². The molecule has 6 heteroatoms. The monoisotopic (exact) mass is 318 g/mol. The minimum absolute atomic E-state index is 0.0245. The molecule has 2 atom stereocenters. The fourth-order valence-electron chi connectivity index (χ4n) is 2.65. The lowest BCUT2D eigenvalue weighted by molar-refractivity contribution is -0.147. The van der Waals surface area contributed by atoms with Gasteiger partial charge in [0.1, 0.15) is 6.29 Å². The van der Waals surface area contributed by atoms with Crippen LogP contribution in [0.3, 0.4) is 0 Å². The van der Waals surface area contributed by atoms with Gasteiger partial charge in [-0.15, -0.1) is 0 Å². The summed E-state index contributed by atoms with van der Waals surface area (Å²) in [6, 6.07) is 0.726. The van der Waals surface area contributed by atoms with E-state index in [9.17, 15) is 9.59 Å². The van der Waals surface area contributed by atoms with Crippen LogP contribution in [0.4, 0.5) is 0 Å². The third kappa shape index (κ3) is 7.20. The Morgan fingerprint density at radius 3 is 2.14 bits per heavy atom. The van der Waals surface area contributed by atoms with Gasteiger partial charge in [-0.2, -0.15) is 0 Å². The number of carbonyl (C=O) groups is 2. The topological polar surface area (TPSA) is 61.8 Å². The maximum Gasteiger partial charge on any atom is 0.334 e. The molecule has 2 unspecified atom stereocenters. The van der Waals surface area contributed by atoms with Crippen LogP contribution in [0.15, 0.2) is 0 Å². The lowest BCUT2D eigenvalue weighted by Gasteiger charge is -2.29. The number of aldehydes is 1. The van der Waals surface area contributed by atoms with Gasteiger partial charge in [0.05, 0.1) is 13.0 Å². The summed E-state index contributed by atoms with van der Waals surface area (Å²) in [6.07, 6.45) is 2.69. The van der Waals surface area contributed by atoms with Crippen molar-refractivity contribution in [1.29, 1.82) is 0 Å². The molecule has 0 aromatic heterocycles. The second-order valence-electron chi connectivity index (χ2n) is 5.24. The summed E-state index contributed by atoms with van der Waals surface area (Å²) in [6.45, 7) is 9.13. The van der Waals surface area contributed by atoms with Crippen LogP contribution in [0.5, 0.6) is 0 Å². The van der Waals surface area contributed by atoms with Crippen molar-refractivity contribution < 1.29 is 23.2 Å². The fourth-order valence-corrected chi connectivity index (χ4v) is 5.08. The maximum atomic E-state index is 12.0. The molecule has 0 aromatic rings. The van der Waals surface area contributed by atoms with Crippen molar-refractivity contribution in [3.05, 3.63) is 0 Å². The summed E-state index contributed by atoms with van der Waals surface area (Å²) in [7, 11) is -0.855. The number of rotatable bonds is 12. The van der Waals surface area contributed by atoms with Crippen molar-refractivity contribution in [2.45, 2.75) is 52.6 Å². The quantitative estimate of drug-likeness (QED) is 0.314. The summed E-state index contributed by atoms with van der Waals surface area (Å²) in [5.74, 6) is -0.484. The minimum Gasteiger partial charge on any atom is -0.469 e. The predicted octanol–water partition coefficient (Wildman–Crippen LogP) is 2.93. The van der Waals surface area contributed by atoms with Crippen molar-refractivity contribution >= 4 is 20.8 Å². The van der Waals surface area contributed by atoms with Crippen LogP contribution in [0.2, 0.25) is 12.6 Å². The first-order valence-corrected chi connectivity index (χ1v) is 10.3. The standard InChI is InChI=1S/C15H30O5Si/c1-6-13(9-11-16)14(15(17)18-4)10-12-21(5,19-7-2)20-8-3/h11,13-14H,6-10,12H2,1-5H3. The summed E-state index contributed by atoms with van der Waals surface area (Å²) in [5, 5.41) is 0. The number of ether oxygens (including phenoxy) is 1. The number of methoxy groups -OCH3 is 1. The fraction of sp³-hybridized carbons (Fsp3) is 0.867. The van der Waals surface area contributed by atoms with Crippen LogP contribution in [-0.2, 0) is 23.2 Å². The summed E-state index contributed by atoms with van der Waals surface area (Å²) in [5.41, 5.74) is 0. The Balaban J connectivity index is 4.86. The molecule has 5 nitrogen and oxygen atoms in total. The van der Waals surface area contributed by atoms with Gasteiger partial charge in [0, 0.05) is 19.6 Å². The van der Waals surface area contributed by atoms with Crippen LogP contribution < -0.4 is 0 Å². The normalized spacial score (nSPS) is 14.5. The van der Waals surface area contributed by atoms with Gasteiger partial charge < -0.3 is 18.4 Å². The van der Waals surface area contributed by atoms with Crippen molar-refractivity contribution in [3.63, 3.8) is 0 Å². The average Bonchev–Trinajstić information content (AvgIpc) is 2.46. The smallest absolute Gasteiger partial charge is 0.334 e. The van der Waals surface area contributed by atoms with Gasteiger partial charge in [0.25, 0.3) is 0 Å². The Morgan fingerprint density at radius 2 is 1.76 bits per heavy atom. The third-order valence-electron chi connectivity index (χ3n) is 3.81. The van der Waals surface area contributed by atoms with E-state index in [1.54, 1.807) is 0 Å². The van der Waals surface area contributed by atoms with E-state index in [1.165, 1.54) is 7.11 Å². The van der Waals surface area contributed by atoms with Gasteiger partial charge in [-0.25, -0.2) is 0 Å². The molecular weight excluding hydrogens is 288 g/mol. The number of esters is 1. The van der Waals surface area contributed by atoms with Crippen molar-refractivity contribution in [1.82, 2.24) is 0 Å². The molecule has 0 aliphatic heterocycles. The SMILES string of the molecule is CCO[Si](C)(CCC(C(=O)OC)C(CC)CC=O)OCC. The van der Waals surface area contributed by atoms with E-state index in [0.717, 1.165) is 18.8 Å². The highest BCUT2D eigenvalue weighted by atomic mass is 28.4. The number of hydrogen-bond acceptors (Lipinski definition) is 5. The van der Waals surface area contributed by atoms with E-state index in [4.69, 9.17) is 13.6 Å². The van der Waals surface area contributed by atoms with Gasteiger partial charge in [-0.05, 0) is 38.8 Å². The lowest BCUT2D eigenvalue weighted by atomic mass is 9.86. The van der Waals surface area contributed by atoms with Crippen LogP contribution >= 0.6 is 0 Å². The Labute approximate surface area is 129 Å². The number of hydrogen-bond donors (Lipinski definition) is 0. The molecule has 0 radical (unpaired) electrons. The van der Waals surface area contributed by atoms with E-state index < -0.39 is 8.56 Å². The molecule has 0 aliphatic carbocycles. The first kappa shape index (κ1) is 20.3. The zero-order chi connectivity index (χ0) is 16.3. The highest BCUT2D eigenvalue weighted by Gasteiger charge is 2.35. The van der Waals surface area contributed by atoms with Gasteiger partial charge in [-0.1, -0.05) is 13.3 Å². The Kier molecular flexibility index (Phi) is 10.5. The third-order valence-corrected chi connectivity index (χ3v) is 6.80. The van der Waals surface area contributed by atoms with E-state index in [0.29, 0.717) is 26.1 Å². The highest BCUT2D eigenvalue weighted by Crippen LogP contribution is 2.28.